The van der Waals surface area contributed by atoms with Crippen LogP contribution in [0, 0.1) is 17.7 Å². The van der Waals surface area contributed by atoms with E-state index < -0.39 is 23.2 Å². The van der Waals surface area contributed by atoms with Crippen molar-refractivity contribution in [1.82, 2.24) is 9.97 Å². The Bertz CT molecular complexity index is 1510. The molecule has 1 aliphatic heterocycles. The summed E-state index contributed by atoms with van der Waals surface area (Å²) in [7, 11) is 0. The summed E-state index contributed by atoms with van der Waals surface area (Å²) in [4.78, 5) is 7.77. The Balaban J connectivity index is 1.61. The molecule has 3 nitrogen and oxygen atoms in total. The quantitative estimate of drug-likeness (QED) is 0.218. The molecule has 0 aliphatic carbocycles. The molecule has 0 bridgehead atoms. The molecule has 0 spiro atoms. The molecule has 1 aliphatic rings. The van der Waals surface area contributed by atoms with Crippen LogP contribution in [0.4, 0.5) is 17.6 Å². The third-order valence-electron chi connectivity index (χ3n) is 5.68. The zero-order valence-corrected chi connectivity index (χ0v) is 19.3. The van der Waals surface area contributed by atoms with Crippen LogP contribution in [0.2, 0.25) is 5.02 Å². The fraction of sp³-hybridized carbons (Fsp3) is 0.148. The normalized spacial score (nSPS) is 13.8. The van der Waals surface area contributed by atoms with E-state index in [-0.39, 0.29) is 22.0 Å². The van der Waals surface area contributed by atoms with Crippen molar-refractivity contribution >= 4 is 11.6 Å². The minimum absolute atomic E-state index is 0.118. The van der Waals surface area contributed by atoms with Gasteiger partial charge in [0.25, 0.3) is 0 Å². The number of ether oxygens (including phenoxy) is 1. The van der Waals surface area contributed by atoms with Crippen LogP contribution in [0.3, 0.4) is 0 Å². The molecule has 1 aromatic heterocycles. The van der Waals surface area contributed by atoms with E-state index in [0.29, 0.717) is 28.3 Å². The Labute approximate surface area is 203 Å². The number of nitrogens with one attached hydrogen (secondary N) is 1. The Morgan fingerprint density at radius 1 is 1.00 bits per heavy atom. The second-order valence-electron chi connectivity index (χ2n) is 8.52. The zero-order valence-electron chi connectivity index (χ0n) is 18.5. The van der Waals surface area contributed by atoms with Crippen LogP contribution >= 0.6 is 11.6 Å². The van der Waals surface area contributed by atoms with E-state index in [9.17, 15) is 17.6 Å². The van der Waals surface area contributed by atoms with Crippen LogP contribution in [0.25, 0.3) is 22.6 Å². The predicted octanol–water partition coefficient (Wildman–Crippen LogP) is 7.58. The van der Waals surface area contributed by atoms with E-state index >= 15 is 0 Å². The summed E-state index contributed by atoms with van der Waals surface area (Å²) in [5.41, 5.74) is 0.638. The molecule has 0 atom stereocenters. The number of alkyl halides is 3. The minimum atomic E-state index is -4.51. The molecule has 4 aromatic rings. The highest BCUT2D eigenvalue weighted by molar-refractivity contribution is 6.33. The molecule has 176 valence electrons. The summed E-state index contributed by atoms with van der Waals surface area (Å²) < 4.78 is 60.6. The molecule has 5 rings (SSSR count). The number of benzene rings is 3. The molecule has 1 N–H and O–H groups in total. The number of rotatable bonds is 1. The molecule has 35 heavy (non-hydrogen) atoms. The van der Waals surface area contributed by atoms with Crippen molar-refractivity contribution in [3.63, 3.8) is 0 Å². The number of H-pyrrole nitrogens is 1. The number of fused-ring (bicyclic) bond motifs is 3. The SMILES string of the molecule is CC1(C)Oc2ccc(C#Cc3ccccc3C(F)(F)F)cc2-c2nc(-c3c(F)cccc3Cl)[nH]c21. The van der Waals surface area contributed by atoms with Gasteiger partial charge in [-0.15, -0.1) is 0 Å². The molecule has 0 unspecified atom stereocenters. The molecule has 2 heterocycles. The second-order valence-corrected chi connectivity index (χ2v) is 8.93. The third kappa shape index (κ3) is 4.15. The van der Waals surface area contributed by atoms with Gasteiger partial charge >= 0.3 is 6.18 Å². The summed E-state index contributed by atoms with van der Waals surface area (Å²) in [6.45, 7) is 3.70. The number of nitrogens with zero attached hydrogens (tertiary/aromatic N) is 1. The van der Waals surface area contributed by atoms with Gasteiger partial charge in [0.1, 0.15) is 23.0 Å². The van der Waals surface area contributed by atoms with Gasteiger partial charge in [-0.2, -0.15) is 13.2 Å². The topological polar surface area (TPSA) is 37.9 Å². The summed E-state index contributed by atoms with van der Waals surface area (Å²) in [5.74, 6) is 5.68. The average Bonchev–Trinajstić information content (AvgIpc) is 3.24. The van der Waals surface area contributed by atoms with Gasteiger partial charge in [-0.25, -0.2) is 9.37 Å². The molecular weight excluding hydrogens is 480 g/mol. The van der Waals surface area contributed by atoms with Gasteiger partial charge in [-0.05, 0) is 56.3 Å². The highest BCUT2D eigenvalue weighted by atomic mass is 35.5. The lowest BCUT2D eigenvalue weighted by molar-refractivity contribution is -0.137. The van der Waals surface area contributed by atoms with E-state index in [1.165, 1.54) is 30.3 Å². The maximum atomic E-state index is 14.6. The van der Waals surface area contributed by atoms with Crippen LogP contribution in [0.1, 0.15) is 36.2 Å². The Kier molecular flexibility index (Phi) is 5.37. The number of halogens is 5. The first-order valence-electron chi connectivity index (χ1n) is 10.6. The number of hydrogen-bond donors (Lipinski definition) is 1. The van der Waals surface area contributed by atoms with Gasteiger partial charge in [0.2, 0.25) is 0 Å². The summed E-state index contributed by atoms with van der Waals surface area (Å²) >= 11 is 6.24. The highest BCUT2D eigenvalue weighted by Gasteiger charge is 2.37. The van der Waals surface area contributed by atoms with Gasteiger partial charge in [-0.3, -0.25) is 0 Å². The standard InChI is InChI=1S/C27H17ClF4N2O/c1-26(2)24-23(33-25(34-24)22-19(28)8-5-9-20(22)29)17-14-15(11-13-21(17)35-26)10-12-16-6-3-4-7-18(16)27(30,31)32/h3-9,11,13-14H,1-2H3,(H,33,34). The molecular formula is C27H17ClF4N2O. The van der Waals surface area contributed by atoms with Crippen LogP contribution in [0.15, 0.2) is 60.7 Å². The van der Waals surface area contributed by atoms with Gasteiger partial charge < -0.3 is 9.72 Å². The number of imidazole rings is 1. The van der Waals surface area contributed by atoms with Crippen molar-refractivity contribution in [1.29, 1.82) is 0 Å². The highest BCUT2D eigenvalue weighted by Crippen LogP contribution is 2.45. The van der Waals surface area contributed by atoms with Crippen molar-refractivity contribution in [2.24, 2.45) is 0 Å². The monoisotopic (exact) mass is 496 g/mol. The maximum Gasteiger partial charge on any atom is 0.417 e. The van der Waals surface area contributed by atoms with E-state index in [4.69, 9.17) is 16.3 Å². The van der Waals surface area contributed by atoms with Crippen molar-refractivity contribution < 1.29 is 22.3 Å². The number of aromatic amines is 1. The van der Waals surface area contributed by atoms with E-state index in [1.54, 1.807) is 24.3 Å². The van der Waals surface area contributed by atoms with Gasteiger partial charge in [0, 0.05) is 16.7 Å². The molecule has 3 aromatic carbocycles. The minimum Gasteiger partial charge on any atom is -0.481 e. The predicted molar refractivity (Wildman–Crippen MR) is 126 cm³/mol. The number of hydrogen-bond acceptors (Lipinski definition) is 2. The first-order valence-corrected chi connectivity index (χ1v) is 11.0. The molecule has 8 heteroatoms. The second kappa shape index (κ2) is 8.17. The van der Waals surface area contributed by atoms with E-state index in [0.717, 1.165) is 6.07 Å². The fourth-order valence-electron chi connectivity index (χ4n) is 4.03. The zero-order chi connectivity index (χ0) is 25.0. The summed E-state index contributed by atoms with van der Waals surface area (Å²) in [6, 6.07) is 14.6. The smallest absolute Gasteiger partial charge is 0.417 e. The maximum absolute atomic E-state index is 14.6. The summed E-state index contributed by atoms with van der Waals surface area (Å²) in [6.07, 6.45) is -4.51. The molecule has 0 fully saturated rings. The molecule has 0 saturated carbocycles. The first-order chi connectivity index (χ1) is 16.5. The molecule has 0 saturated heterocycles. The third-order valence-corrected chi connectivity index (χ3v) is 5.99. The average molecular weight is 497 g/mol. The summed E-state index contributed by atoms with van der Waals surface area (Å²) in [5, 5.41) is 0.206. The Morgan fingerprint density at radius 3 is 2.51 bits per heavy atom. The molecule has 0 radical (unpaired) electrons. The Hall–Kier alpha value is -3.76. The Morgan fingerprint density at radius 2 is 1.77 bits per heavy atom. The van der Waals surface area contributed by atoms with Gasteiger partial charge in [-0.1, -0.05) is 41.6 Å². The van der Waals surface area contributed by atoms with Crippen molar-refractivity contribution in [2.75, 3.05) is 0 Å². The largest absolute Gasteiger partial charge is 0.481 e. The van der Waals surface area contributed by atoms with E-state index in [2.05, 4.69) is 21.8 Å². The molecule has 0 amide bonds. The van der Waals surface area contributed by atoms with Crippen molar-refractivity contribution in [3.05, 3.63) is 93.9 Å². The van der Waals surface area contributed by atoms with Crippen LogP contribution < -0.4 is 4.74 Å². The first kappa shape index (κ1) is 23.0. The fourth-order valence-corrected chi connectivity index (χ4v) is 4.29. The van der Waals surface area contributed by atoms with Gasteiger partial charge in [0.05, 0.1) is 27.5 Å². The van der Waals surface area contributed by atoms with Crippen LogP contribution in [-0.4, -0.2) is 9.97 Å². The van der Waals surface area contributed by atoms with Gasteiger partial charge in [0.15, 0.2) is 0 Å². The lowest BCUT2D eigenvalue weighted by atomic mass is 9.94. The lowest BCUT2D eigenvalue weighted by Crippen LogP contribution is -2.29. The van der Waals surface area contributed by atoms with Crippen LogP contribution in [0.5, 0.6) is 5.75 Å². The lowest BCUT2D eigenvalue weighted by Gasteiger charge is -2.31. The van der Waals surface area contributed by atoms with Crippen molar-refractivity contribution in [3.8, 4) is 40.2 Å². The number of aromatic nitrogens is 2. The van der Waals surface area contributed by atoms with Crippen molar-refractivity contribution in [2.45, 2.75) is 25.6 Å². The van der Waals surface area contributed by atoms with Crippen LogP contribution in [-0.2, 0) is 11.8 Å². The van der Waals surface area contributed by atoms with E-state index in [1.807, 2.05) is 13.8 Å².